The van der Waals surface area contributed by atoms with Crippen molar-refractivity contribution in [1.82, 2.24) is 10.2 Å². The highest BCUT2D eigenvalue weighted by Gasteiger charge is 2.24. The maximum Gasteiger partial charge on any atom is 0.0366 e. The van der Waals surface area contributed by atoms with Gasteiger partial charge in [-0.15, -0.1) is 0 Å². The van der Waals surface area contributed by atoms with Crippen LogP contribution in [0.3, 0.4) is 0 Å². The fourth-order valence-electron chi connectivity index (χ4n) is 3.48. The van der Waals surface area contributed by atoms with Crippen molar-refractivity contribution in [3.63, 3.8) is 0 Å². The molecule has 1 aromatic rings. The molecule has 3 heteroatoms. The van der Waals surface area contributed by atoms with E-state index in [0.29, 0.717) is 0 Å². The van der Waals surface area contributed by atoms with Gasteiger partial charge in [0.2, 0.25) is 0 Å². The van der Waals surface area contributed by atoms with Gasteiger partial charge in [0.05, 0.1) is 0 Å². The van der Waals surface area contributed by atoms with Gasteiger partial charge >= 0.3 is 0 Å². The van der Waals surface area contributed by atoms with Crippen molar-refractivity contribution < 1.29 is 0 Å². The van der Waals surface area contributed by atoms with Crippen LogP contribution < -0.4 is 10.2 Å². The fraction of sp³-hybridized carbons (Fsp3) is 0.647. The highest BCUT2D eigenvalue weighted by molar-refractivity contribution is 5.47. The topological polar surface area (TPSA) is 18.5 Å². The molecule has 3 rings (SSSR count). The Morgan fingerprint density at radius 2 is 1.70 bits per heavy atom. The molecule has 0 bridgehead atoms. The first-order valence-electron chi connectivity index (χ1n) is 8.09. The molecule has 2 heterocycles. The third-order valence-corrected chi connectivity index (χ3v) is 4.75. The van der Waals surface area contributed by atoms with Gasteiger partial charge in [-0.1, -0.05) is 17.7 Å². The number of nitrogens with zero attached hydrogens (tertiary/aromatic N) is 2. The molecule has 1 N–H and O–H groups in total. The Balaban J connectivity index is 1.54. The van der Waals surface area contributed by atoms with E-state index in [9.17, 15) is 0 Å². The summed E-state index contributed by atoms with van der Waals surface area (Å²) in [6, 6.07) is 9.79. The maximum absolute atomic E-state index is 3.50. The first-order chi connectivity index (χ1) is 9.83. The van der Waals surface area contributed by atoms with Crippen LogP contribution in [0.1, 0.15) is 24.8 Å². The smallest absolute Gasteiger partial charge is 0.0366 e. The zero-order valence-corrected chi connectivity index (χ0v) is 12.6. The maximum atomic E-state index is 3.50. The van der Waals surface area contributed by atoms with Gasteiger partial charge in [0.15, 0.2) is 0 Å². The molecule has 2 fully saturated rings. The molecule has 0 aromatic heterocycles. The molecule has 2 saturated heterocycles. The number of hydrogen-bond acceptors (Lipinski definition) is 3. The molecule has 0 unspecified atom stereocenters. The van der Waals surface area contributed by atoms with Crippen LogP contribution in [0.15, 0.2) is 24.3 Å². The van der Waals surface area contributed by atoms with Gasteiger partial charge < -0.3 is 10.2 Å². The van der Waals surface area contributed by atoms with Crippen molar-refractivity contribution >= 4 is 5.69 Å². The van der Waals surface area contributed by atoms with E-state index in [1.807, 2.05) is 0 Å². The van der Waals surface area contributed by atoms with Gasteiger partial charge in [-0.05, 0) is 51.4 Å². The van der Waals surface area contributed by atoms with Crippen molar-refractivity contribution in [2.45, 2.75) is 32.2 Å². The Bertz CT molecular complexity index is 399. The minimum Gasteiger partial charge on any atom is -0.371 e. The van der Waals surface area contributed by atoms with Crippen LogP contribution in [-0.2, 0) is 0 Å². The van der Waals surface area contributed by atoms with Crippen LogP contribution in [0.5, 0.6) is 0 Å². The summed E-state index contributed by atoms with van der Waals surface area (Å²) in [4.78, 5) is 5.26. The van der Waals surface area contributed by atoms with Crippen LogP contribution in [0, 0.1) is 6.92 Å². The highest BCUT2D eigenvalue weighted by Crippen LogP contribution is 2.23. The van der Waals surface area contributed by atoms with Gasteiger partial charge in [0.1, 0.15) is 0 Å². The lowest BCUT2D eigenvalue weighted by Gasteiger charge is -2.39. The van der Waals surface area contributed by atoms with E-state index in [1.165, 1.54) is 63.2 Å². The number of piperidine rings is 1. The van der Waals surface area contributed by atoms with Crippen molar-refractivity contribution in [3.05, 3.63) is 29.8 Å². The Morgan fingerprint density at radius 1 is 0.950 bits per heavy atom. The average molecular weight is 273 g/mol. The Hall–Kier alpha value is -1.06. The van der Waals surface area contributed by atoms with E-state index >= 15 is 0 Å². The quantitative estimate of drug-likeness (QED) is 0.892. The average Bonchev–Trinajstić information content (AvgIpc) is 2.77. The van der Waals surface area contributed by atoms with E-state index in [0.717, 1.165) is 12.6 Å². The first kappa shape index (κ1) is 13.9. The summed E-state index contributed by atoms with van der Waals surface area (Å²) in [5, 5.41) is 3.50. The third kappa shape index (κ3) is 3.33. The summed E-state index contributed by atoms with van der Waals surface area (Å²) in [6.07, 6.45) is 3.93. The molecular weight excluding hydrogens is 246 g/mol. The SMILES string of the molecule is Cc1ccc(N2CCC(N3CCCNCC3)CC2)cc1. The number of benzene rings is 1. The normalized spacial score (nSPS) is 22.8. The van der Waals surface area contributed by atoms with E-state index in [2.05, 4.69) is 46.3 Å². The molecule has 1 aromatic carbocycles. The molecule has 0 aliphatic carbocycles. The summed E-state index contributed by atoms with van der Waals surface area (Å²) in [6.45, 7) is 9.44. The van der Waals surface area contributed by atoms with Crippen LogP contribution in [-0.4, -0.2) is 50.2 Å². The van der Waals surface area contributed by atoms with Crippen molar-refractivity contribution in [2.24, 2.45) is 0 Å². The van der Waals surface area contributed by atoms with E-state index in [4.69, 9.17) is 0 Å². The van der Waals surface area contributed by atoms with Crippen LogP contribution in [0.4, 0.5) is 5.69 Å². The van der Waals surface area contributed by atoms with Gasteiger partial charge in [-0.25, -0.2) is 0 Å². The Labute approximate surface area is 123 Å². The van der Waals surface area contributed by atoms with Gasteiger partial charge in [-0.3, -0.25) is 4.90 Å². The lowest BCUT2D eigenvalue weighted by molar-refractivity contribution is 0.180. The Morgan fingerprint density at radius 3 is 2.45 bits per heavy atom. The number of nitrogens with one attached hydrogen (secondary N) is 1. The van der Waals surface area contributed by atoms with Crippen LogP contribution >= 0.6 is 0 Å². The number of anilines is 1. The van der Waals surface area contributed by atoms with E-state index in [-0.39, 0.29) is 0 Å². The molecule has 2 aliphatic heterocycles. The predicted octanol–water partition coefficient (Wildman–Crippen LogP) is 2.26. The molecule has 0 radical (unpaired) electrons. The third-order valence-electron chi connectivity index (χ3n) is 4.75. The summed E-state index contributed by atoms with van der Waals surface area (Å²) in [7, 11) is 0. The molecular formula is C17H27N3. The second-order valence-electron chi connectivity index (χ2n) is 6.19. The second-order valence-corrected chi connectivity index (χ2v) is 6.19. The zero-order chi connectivity index (χ0) is 13.8. The molecule has 2 aliphatic rings. The minimum absolute atomic E-state index is 0.802. The van der Waals surface area contributed by atoms with Crippen LogP contribution in [0.25, 0.3) is 0 Å². The van der Waals surface area contributed by atoms with Crippen LogP contribution in [0.2, 0.25) is 0 Å². The summed E-state index contributed by atoms with van der Waals surface area (Å²) >= 11 is 0. The second kappa shape index (κ2) is 6.59. The molecule has 0 saturated carbocycles. The monoisotopic (exact) mass is 273 g/mol. The molecule has 110 valence electrons. The summed E-state index contributed by atoms with van der Waals surface area (Å²) < 4.78 is 0. The largest absolute Gasteiger partial charge is 0.371 e. The van der Waals surface area contributed by atoms with E-state index in [1.54, 1.807) is 0 Å². The summed E-state index contributed by atoms with van der Waals surface area (Å²) in [5.74, 6) is 0. The fourth-order valence-corrected chi connectivity index (χ4v) is 3.48. The Kier molecular flexibility index (Phi) is 4.58. The van der Waals surface area contributed by atoms with Crippen molar-refractivity contribution in [3.8, 4) is 0 Å². The predicted molar refractivity (Wildman–Crippen MR) is 85.5 cm³/mol. The van der Waals surface area contributed by atoms with Gasteiger partial charge in [0.25, 0.3) is 0 Å². The van der Waals surface area contributed by atoms with E-state index < -0.39 is 0 Å². The van der Waals surface area contributed by atoms with Gasteiger partial charge in [0, 0.05) is 37.9 Å². The molecule has 20 heavy (non-hydrogen) atoms. The number of rotatable bonds is 2. The molecule has 0 spiro atoms. The van der Waals surface area contributed by atoms with Gasteiger partial charge in [-0.2, -0.15) is 0 Å². The number of hydrogen-bond donors (Lipinski definition) is 1. The minimum atomic E-state index is 0.802. The standard InChI is InChI=1S/C17H27N3/c1-15-3-5-16(6-4-15)20-12-7-17(8-13-20)19-11-2-9-18-10-14-19/h3-6,17-18H,2,7-14H2,1H3. The van der Waals surface area contributed by atoms with Crippen molar-refractivity contribution in [1.29, 1.82) is 0 Å². The summed E-state index contributed by atoms with van der Waals surface area (Å²) in [5.41, 5.74) is 2.74. The molecule has 3 nitrogen and oxygen atoms in total. The van der Waals surface area contributed by atoms with Crippen molar-refractivity contribution in [2.75, 3.05) is 44.2 Å². The number of aryl methyl sites for hydroxylation is 1. The molecule has 0 amide bonds. The first-order valence-corrected chi connectivity index (χ1v) is 8.09. The highest BCUT2D eigenvalue weighted by atomic mass is 15.2. The lowest BCUT2D eigenvalue weighted by Crippen LogP contribution is -2.46. The lowest BCUT2D eigenvalue weighted by atomic mass is 10.0. The zero-order valence-electron chi connectivity index (χ0n) is 12.6. The molecule has 0 atom stereocenters.